The molecule has 18 heavy (non-hydrogen) atoms. The van der Waals surface area contributed by atoms with Gasteiger partial charge in [-0.3, -0.25) is 0 Å². The first-order chi connectivity index (χ1) is 8.37. The van der Waals surface area contributed by atoms with Gasteiger partial charge in [-0.1, -0.05) is 24.3 Å². The lowest BCUT2D eigenvalue weighted by Crippen LogP contribution is -2.48. The van der Waals surface area contributed by atoms with Gasteiger partial charge >= 0.3 is 6.03 Å². The second kappa shape index (κ2) is 4.61. The van der Waals surface area contributed by atoms with Crippen molar-refractivity contribution in [2.24, 2.45) is 0 Å². The summed E-state index contributed by atoms with van der Waals surface area (Å²) >= 11 is 0. The molecule has 4 heteroatoms. The van der Waals surface area contributed by atoms with Crippen LogP contribution in [-0.2, 0) is 6.42 Å². The van der Waals surface area contributed by atoms with Crippen LogP contribution in [0.25, 0.3) is 0 Å². The highest BCUT2D eigenvalue weighted by atomic mass is 16.3. The molecule has 0 heterocycles. The molecule has 0 bridgehead atoms. The van der Waals surface area contributed by atoms with Gasteiger partial charge in [-0.05, 0) is 31.9 Å². The van der Waals surface area contributed by atoms with Crippen molar-refractivity contribution in [3.63, 3.8) is 0 Å². The van der Waals surface area contributed by atoms with Gasteiger partial charge in [0.1, 0.15) is 0 Å². The fourth-order valence-corrected chi connectivity index (χ4v) is 2.27. The summed E-state index contributed by atoms with van der Waals surface area (Å²) in [5.41, 5.74) is 1.83. The number of carbonyl (C=O) groups excluding carboxylic acids is 1. The molecule has 0 aliphatic heterocycles. The van der Waals surface area contributed by atoms with E-state index < -0.39 is 6.10 Å². The van der Waals surface area contributed by atoms with Crippen LogP contribution in [0.1, 0.15) is 37.9 Å². The van der Waals surface area contributed by atoms with E-state index in [0.29, 0.717) is 6.42 Å². The van der Waals surface area contributed by atoms with Crippen LogP contribution < -0.4 is 10.6 Å². The van der Waals surface area contributed by atoms with Crippen LogP contribution in [-0.4, -0.2) is 22.8 Å². The van der Waals surface area contributed by atoms with Crippen LogP contribution in [0.4, 0.5) is 4.79 Å². The number of nitrogens with one attached hydrogen (secondary N) is 2. The van der Waals surface area contributed by atoms with Crippen molar-refractivity contribution in [1.29, 1.82) is 0 Å². The molecule has 3 N–H and O–H groups in total. The molecular formula is C14H20N2O2. The standard InChI is InChI=1S/C14H20N2O2/c1-14(2,3)16-13(18)15-12-10-7-5-4-6-9(10)8-11(12)17/h4-7,11-12,17H,8H2,1-3H3,(H2,15,16,18)/t11-,12+/m1/s1. The van der Waals surface area contributed by atoms with Gasteiger partial charge < -0.3 is 15.7 Å². The van der Waals surface area contributed by atoms with Crippen LogP contribution in [0, 0.1) is 0 Å². The van der Waals surface area contributed by atoms with Crippen molar-refractivity contribution >= 4 is 6.03 Å². The number of carbonyl (C=O) groups is 1. The Morgan fingerprint density at radius 3 is 2.67 bits per heavy atom. The second-order valence-electron chi connectivity index (χ2n) is 5.80. The third-order valence-electron chi connectivity index (χ3n) is 2.98. The van der Waals surface area contributed by atoms with Gasteiger partial charge in [0, 0.05) is 12.0 Å². The molecule has 1 aliphatic carbocycles. The van der Waals surface area contributed by atoms with Crippen LogP contribution in [0.15, 0.2) is 24.3 Å². The monoisotopic (exact) mass is 248 g/mol. The lowest BCUT2D eigenvalue weighted by Gasteiger charge is -2.24. The van der Waals surface area contributed by atoms with Gasteiger partial charge in [0.2, 0.25) is 0 Å². The van der Waals surface area contributed by atoms with E-state index in [-0.39, 0.29) is 17.6 Å². The van der Waals surface area contributed by atoms with Gasteiger partial charge in [0.25, 0.3) is 0 Å². The SMILES string of the molecule is CC(C)(C)NC(=O)N[C@H]1c2ccccc2C[C@H]1O. The first-order valence-corrected chi connectivity index (χ1v) is 6.21. The average Bonchev–Trinajstić information content (AvgIpc) is 2.53. The molecule has 0 saturated heterocycles. The minimum absolute atomic E-state index is 0.247. The van der Waals surface area contributed by atoms with Gasteiger partial charge in [0.05, 0.1) is 12.1 Å². The number of urea groups is 1. The van der Waals surface area contributed by atoms with Crippen LogP contribution in [0.5, 0.6) is 0 Å². The molecule has 98 valence electrons. The van der Waals surface area contributed by atoms with Crippen molar-refractivity contribution in [3.8, 4) is 0 Å². The lowest BCUT2D eigenvalue weighted by molar-refractivity contribution is 0.141. The first kappa shape index (κ1) is 12.9. The summed E-state index contributed by atoms with van der Waals surface area (Å²) in [6.45, 7) is 5.77. The lowest BCUT2D eigenvalue weighted by atomic mass is 10.1. The predicted octanol–water partition coefficient (Wildman–Crippen LogP) is 1.74. The number of hydrogen-bond acceptors (Lipinski definition) is 2. The third-order valence-corrected chi connectivity index (χ3v) is 2.98. The molecular weight excluding hydrogens is 228 g/mol. The van der Waals surface area contributed by atoms with E-state index in [4.69, 9.17) is 0 Å². The Kier molecular flexibility index (Phi) is 3.30. The maximum Gasteiger partial charge on any atom is 0.315 e. The van der Waals surface area contributed by atoms with Gasteiger partial charge in [-0.25, -0.2) is 4.79 Å². The second-order valence-corrected chi connectivity index (χ2v) is 5.80. The first-order valence-electron chi connectivity index (χ1n) is 6.21. The quantitative estimate of drug-likeness (QED) is 0.709. The fraction of sp³-hybridized carbons (Fsp3) is 0.500. The van der Waals surface area contributed by atoms with E-state index >= 15 is 0 Å². The van der Waals surface area contributed by atoms with Gasteiger partial charge in [-0.15, -0.1) is 0 Å². The fourth-order valence-electron chi connectivity index (χ4n) is 2.27. The highest BCUT2D eigenvalue weighted by Gasteiger charge is 2.32. The number of rotatable bonds is 1. The molecule has 0 unspecified atom stereocenters. The molecule has 0 saturated carbocycles. The Bertz CT molecular complexity index is 451. The summed E-state index contributed by atoms with van der Waals surface area (Å²) in [7, 11) is 0. The summed E-state index contributed by atoms with van der Waals surface area (Å²) in [4.78, 5) is 11.8. The van der Waals surface area contributed by atoms with Crippen LogP contribution in [0.3, 0.4) is 0 Å². The van der Waals surface area contributed by atoms with Crippen molar-refractivity contribution in [2.45, 2.75) is 44.9 Å². The summed E-state index contributed by atoms with van der Waals surface area (Å²) in [6.07, 6.45) is 0.0458. The maximum absolute atomic E-state index is 11.8. The average molecular weight is 248 g/mol. The van der Waals surface area contributed by atoms with Crippen LogP contribution >= 0.6 is 0 Å². The minimum Gasteiger partial charge on any atom is -0.390 e. The molecule has 2 amide bonds. The summed E-state index contributed by atoms with van der Waals surface area (Å²) < 4.78 is 0. The van der Waals surface area contributed by atoms with Gasteiger partial charge in [0.15, 0.2) is 0 Å². The van der Waals surface area contributed by atoms with Crippen molar-refractivity contribution in [1.82, 2.24) is 10.6 Å². The maximum atomic E-state index is 11.8. The van der Waals surface area contributed by atoms with Crippen LogP contribution in [0.2, 0.25) is 0 Å². The molecule has 0 aromatic heterocycles. The number of benzene rings is 1. The Morgan fingerprint density at radius 2 is 2.00 bits per heavy atom. The summed E-state index contributed by atoms with van der Waals surface area (Å²) in [5.74, 6) is 0. The Morgan fingerprint density at radius 1 is 1.33 bits per heavy atom. The van der Waals surface area contributed by atoms with Crippen molar-refractivity contribution in [3.05, 3.63) is 35.4 Å². The zero-order chi connectivity index (χ0) is 13.3. The molecule has 2 atom stereocenters. The Hall–Kier alpha value is -1.55. The molecule has 0 spiro atoms. The highest BCUT2D eigenvalue weighted by molar-refractivity contribution is 5.75. The molecule has 1 aromatic rings. The number of aliphatic hydroxyl groups is 1. The summed E-state index contributed by atoms with van der Waals surface area (Å²) in [5, 5.41) is 15.7. The van der Waals surface area contributed by atoms with E-state index in [1.165, 1.54) is 0 Å². The van der Waals surface area contributed by atoms with Gasteiger partial charge in [-0.2, -0.15) is 0 Å². The van der Waals surface area contributed by atoms with E-state index in [0.717, 1.165) is 11.1 Å². The Labute approximate surface area is 107 Å². The number of fused-ring (bicyclic) bond motifs is 1. The molecule has 0 fully saturated rings. The van der Waals surface area contributed by atoms with E-state index in [1.807, 2.05) is 45.0 Å². The highest BCUT2D eigenvalue weighted by Crippen LogP contribution is 2.31. The number of aliphatic hydroxyl groups excluding tert-OH is 1. The molecule has 1 aromatic carbocycles. The largest absolute Gasteiger partial charge is 0.390 e. The zero-order valence-electron chi connectivity index (χ0n) is 11.0. The molecule has 0 radical (unpaired) electrons. The van der Waals surface area contributed by atoms with Crippen molar-refractivity contribution in [2.75, 3.05) is 0 Å². The minimum atomic E-state index is -0.548. The molecule has 4 nitrogen and oxygen atoms in total. The zero-order valence-corrected chi connectivity index (χ0v) is 11.0. The Balaban J connectivity index is 2.08. The normalized spacial score (nSPS) is 22.4. The molecule has 2 rings (SSSR count). The van der Waals surface area contributed by atoms with Crippen molar-refractivity contribution < 1.29 is 9.90 Å². The number of amides is 2. The number of hydrogen-bond donors (Lipinski definition) is 3. The predicted molar refractivity (Wildman–Crippen MR) is 70.3 cm³/mol. The van der Waals surface area contributed by atoms with E-state index in [9.17, 15) is 9.90 Å². The summed E-state index contributed by atoms with van der Waals surface area (Å²) in [6, 6.07) is 7.25. The molecule has 1 aliphatic rings. The third kappa shape index (κ3) is 2.82. The van der Waals surface area contributed by atoms with E-state index in [2.05, 4.69) is 10.6 Å². The topological polar surface area (TPSA) is 61.4 Å². The van der Waals surface area contributed by atoms with E-state index in [1.54, 1.807) is 0 Å². The smallest absolute Gasteiger partial charge is 0.315 e.